The number of hydrogen-bond acceptors (Lipinski definition) is 9. The molecule has 0 aliphatic rings. The Kier molecular flexibility index (Phi) is 9.47. The van der Waals surface area contributed by atoms with Gasteiger partial charge in [-0.1, -0.05) is 25.1 Å². The molecule has 0 saturated heterocycles. The van der Waals surface area contributed by atoms with Crippen LogP contribution < -0.4 is 15.4 Å². The normalized spacial score (nSPS) is 12.4. The SMILES string of the molecule is CCC(NCCS(C)(=O)=O)c1nc(-c2ccc3ncnc(Nc4ccc(OCc5cccc(F)c5)c(Br)c4)c3c2)cs1. The van der Waals surface area contributed by atoms with E-state index in [1.807, 2.05) is 54.8 Å². The highest BCUT2D eigenvalue weighted by atomic mass is 79.9. The molecule has 0 bridgehead atoms. The van der Waals surface area contributed by atoms with Crippen molar-refractivity contribution < 1.29 is 17.5 Å². The summed E-state index contributed by atoms with van der Waals surface area (Å²) in [7, 11) is -3.03. The summed E-state index contributed by atoms with van der Waals surface area (Å²) in [6.07, 6.45) is 3.55. The van der Waals surface area contributed by atoms with Crippen LogP contribution in [0.2, 0.25) is 0 Å². The average molecular weight is 671 g/mol. The van der Waals surface area contributed by atoms with Gasteiger partial charge in [0.15, 0.2) is 0 Å². The molecule has 12 heteroatoms. The van der Waals surface area contributed by atoms with Crippen LogP contribution in [0.1, 0.15) is 30.0 Å². The lowest BCUT2D eigenvalue weighted by Gasteiger charge is -2.14. The topological polar surface area (TPSA) is 106 Å². The monoisotopic (exact) mass is 669 g/mol. The molecule has 0 spiro atoms. The smallest absolute Gasteiger partial charge is 0.148 e. The molecule has 0 amide bonds. The molecule has 42 heavy (non-hydrogen) atoms. The second-order valence-corrected chi connectivity index (χ2v) is 13.8. The Morgan fingerprint density at radius 1 is 1.10 bits per heavy atom. The highest BCUT2D eigenvalue weighted by Crippen LogP contribution is 2.33. The van der Waals surface area contributed by atoms with E-state index < -0.39 is 9.84 Å². The summed E-state index contributed by atoms with van der Waals surface area (Å²) in [6, 6.07) is 17.9. The minimum atomic E-state index is -3.03. The van der Waals surface area contributed by atoms with E-state index >= 15 is 0 Å². The van der Waals surface area contributed by atoms with Crippen LogP contribution in [0.4, 0.5) is 15.9 Å². The zero-order valence-electron chi connectivity index (χ0n) is 23.0. The van der Waals surface area contributed by atoms with E-state index in [2.05, 4.69) is 36.5 Å². The minimum absolute atomic E-state index is 0.0224. The molecular weight excluding hydrogens is 641 g/mol. The first-order valence-corrected chi connectivity index (χ1v) is 17.0. The van der Waals surface area contributed by atoms with Gasteiger partial charge in [0.05, 0.1) is 27.5 Å². The summed E-state index contributed by atoms with van der Waals surface area (Å²) in [5.41, 5.74) is 4.09. The van der Waals surface area contributed by atoms with Gasteiger partial charge in [-0.05, 0) is 70.4 Å². The first kappa shape index (κ1) is 30.0. The number of ether oxygens (including phenoxy) is 1. The van der Waals surface area contributed by atoms with E-state index in [0.717, 1.165) is 49.3 Å². The number of aromatic nitrogens is 3. The quantitative estimate of drug-likeness (QED) is 0.145. The Morgan fingerprint density at radius 3 is 2.71 bits per heavy atom. The standard InChI is InChI=1S/C30H29BrFN5O3S2/c1-3-25(33-11-12-42(2,38)39)30-37-27(17-41-30)20-7-9-26-23(14-20)29(35-18-34-26)36-22-8-10-28(24(31)15-22)40-16-19-5-4-6-21(32)13-19/h4-10,13-15,17-18,25,33H,3,11-12,16H2,1-2H3,(H,34,35,36). The Morgan fingerprint density at radius 2 is 1.95 bits per heavy atom. The van der Waals surface area contributed by atoms with Crippen molar-refractivity contribution in [2.24, 2.45) is 0 Å². The maximum Gasteiger partial charge on any atom is 0.148 e. The van der Waals surface area contributed by atoms with Crippen molar-refractivity contribution in [1.29, 1.82) is 0 Å². The summed E-state index contributed by atoms with van der Waals surface area (Å²) in [5.74, 6) is 1.07. The van der Waals surface area contributed by atoms with Gasteiger partial charge in [-0.3, -0.25) is 0 Å². The molecule has 8 nitrogen and oxygen atoms in total. The lowest BCUT2D eigenvalue weighted by atomic mass is 10.1. The molecule has 2 aromatic heterocycles. The molecule has 0 aliphatic heterocycles. The van der Waals surface area contributed by atoms with Crippen LogP contribution in [-0.4, -0.2) is 41.9 Å². The van der Waals surface area contributed by atoms with Gasteiger partial charge < -0.3 is 15.4 Å². The van der Waals surface area contributed by atoms with E-state index in [1.54, 1.807) is 17.4 Å². The molecule has 1 unspecified atom stereocenters. The van der Waals surface area contributed by atoms with Gasteiger partial charge >= 0.3 is 0 Å². The molecule has 3 aromatic carbocycles. The van der Waals surface area contributed by atoms with Crippen molar-refractivity contribution in [2.75, 3.05) is 23.9 Å². The molecule has 218 valence electrons. The van der Waals surface area contributed by atoms with Gasteiger partial charge in [-0.15, -0.1) is 11.3 Å². The molecule has 5 aromatic rings. The molecule has 5 rings (SSSR count). The maximum absolute atomic E-state index is 13.5. The molecule has 0 saturated carbocycles. The number of fused-ring (bicyclic) bond motifs is 1. The molecule has 0 fully saturated rings. The Hall–Kier alpha value is -3.45. The van der Waals surface area contributed by atoms with Crippen molar-refractivity contribution >= 4 is 59.5 Å². The predicted molar refractivity (Wildman–Crippen MR) is 170 cm³/mol. The largest absolute Gasteiger partial charge is 0.488 e. The Bertz CT molecular complexity index is 1820. The third-order valence-electron chi connectivity index (χ3n) is 6.50. The van der Waals surface area contributed by atoms with Gasteiger partial charge in [0.25, 0.3) is 0 Å². The average Bonchev–Trinajstić information content (AvgIpc) is 3.45. The number of benzene rings is 3. The van der Waals surface area contributed by atoms with Crippen LogP contribution in [0.5, 0.6) is 5.75 Å². The van der Waals surface area contributed by atoms with Crippen LogP contribution >= 0.6 is 27.3 Å². The Labute approximate surface area is 256 Å². The molecule has 0 aliphatic carbocycles. The van der Waals surface area contributed by atoms with E-state index in [-0.39, 0.29) is 24.2 Å². The minimum Gasteiger partial charge on any atom is -0.488 e. The van der Waals surface area contributed by atoms with Gasteiger partial charge in [0, 0.05) is 34.8 Å². The summed E-state index contributed by atoms with van der Waals surface area (Å²) >= 11 is 5.12. The zero-order valence-corrected chi connectivity index (χ0v) is 26.2. The van der Waals surface area contributed by atoms with Crippen LogP contribution in [0.25, 0.3) is 22.2 Å². The van der Waals surface area contributed by atoms with Gasteiger partial charge in [0.1, 0.15) is 45.2 Å². The predicted octanol–water partition coefficient (Wildman–Crippen LogP) is 7.06. The van der Waals surface area contributed by atoms with Gasteiger partial charge in [-0.25, -0.2) is 27.8 Å². The van der Waals surface area contributed by atoms with Crippen LogP contribution in [0, 0.1) is 5.82 Å². The lowest BCUT2D eigenvalue weighted by Crippen LogP contribution is -2.26. The third kappa shape index (κ3) is 7.68. The van der Waals surface area contributed by atoms with Crippen molar-refractivity contribution in [3.63, 3.8) is 0 Å². The fourth-order valence-electron chi connectivity index (χ4n) is 4.34. The molecule has 2 N–H and O–H groups in total. The van der Waals surface area contributed by atoms with Crippen LogP contribution in [-0.2, 0) is 16.4 Å². The van der Waals surface area contributed by atoms with Crippen LogP contribution in [0.3, 0.4) is 0 Å². The number of nitrogens with zero attached hydrogens (tertiary/aromatic N) is 3. The van der Waals surface area contributed by atoms with E-state index in [4.69, 9.17) is 9.72 Å². The highest BCUT2D eigenvalue weighted by Gasteiger charge is 2.16. The number of anilines is 2. The number of rotatable bonds is 12. The number of hydrogen-bond donors (Lipinski definition) is 2. The second kappa shape index (κ2) is 13.2. The lowest BCUT2D eigenvalue weighted by molar-refractivity contribution is 0.303. The van der Waals surface area contributed by atoms with Crippen LogP contribution in [0.15, 0.2) is 76.8 Å². The first-order chi connectivity index (χ1) is 20.2. The number of nitrogens with one attached hydrogen (secondary N) is 2. The molecule has 1 atom stereocenters. The molecule has 2 heterocycles. The summed E-state index contributed by atoms with van der Waals surface area (Å²) in [6.45, 7) is 2.67. The zero-order chi connectivity index (χ0) is 29.7. The number of thiazole rings is 1. The summed E-state index contributed by atoms with van der Waals surface area (Å²) in [4.78, 5) is 13.8. The number of halogens is 2. The van der Waals surface area contributed by atoms with Gasteiger partial charge in [-0.2, -0.15) is 0 Å². The first-order valence-electron chi connectivity index (χ1n) is 13.2. The third-order valence-corrected chi connectivity index (χ3v) is 9.02. The van der Waals surface area contributed by atoms with Crippen molar-refractivity contribution in [1.82, 2.24) is 20.3 Å². The van der Waals surface area contributed by atoms with E-state index in [0.29, 0.717) is 18.1 Å². The van der Waals surface area contributed by atoms with E-state index in [1.165, 1.54) is 24.7 Å². The van der Waals surface area contributed by atoms with E-state index in [9.17, 15) is 12.8 Å². The second-order valence-electron chi connectivity index (χ2n) is 9.76. The fourth-order valence-corrected chi connectivity index (χ4v) is 6.31. The maximum atomic E-state index is 13.5. The Balaban J connectivity index is 1.32. The molecular formula is C30H29BrFN5O3S2. The number of sulfone groups is 1. The molecule has 0 radical (unpaired) electrons. The van der Waals surface area contributed by atoms with Crippen molar-refractivity contribution in [2.45, 2.75) is 26.0 Å². The summed E-state index contributed by atoms with van der Waals surface area (Å²) < 4.78 is 43.1. The highest BCUT2D eigenvalue weighted by molar-refractivity contribution is 9.10. The van der Waals surface area contributed by atoms with Gasteiger partial charge in [0.2, 0.25) is 0 Å². The van der Waals surface area contributed by atoms with Crippen molar-refractivity contribution in [3.05, 3.63) is 93.2 Å². The fraction of sp³-hybridized carbons (Fsp3) is 0.233. The van der Waals surface area contributed by atoms with Crippen molar-refractivity contribution in [3.8, 4) is 17.0 Å². The summed E-state index contributed by atoms with van der Waals surface area (Å²) in [5, 5.41) is 10.4.